The second kappa shape index (κ2) is 14.0. The molecule has 9 nitrogen and oxygen atoms in total. The maximum Gasteiger partial charge on any atom is 0.408 e. The van der Waals surface area contributed by atoms with Crippen molar-refractivity contribution in [2.24, 2.45) is 5.92 Å². The molecule has 1 saturated carbocycles. The Kier molecular flexibility index (Phi) is 9.88. The van der Waals surface area contributed by atoms with Gasteiger partial charge in [0.1, 0.15) is 30.1 Å². The number of rotatable bonds is 10. The van der Waals surface area contributed by atoms with E-state index in [9.17, 15) is 14.7 Å². The minimum atomic E-state index is -1.18. The van der Waals surface area contributed by atoms with Crippen LogP contribution in [-0.2, 0) is 26.5 Å². The minimum absolute atomic E-state index is 0.105. The molecule has 0 bridgehead atoms. The van der Waals surface area contributed by atoms with Crippen molar-refractivity contribution in [1.29, 1.82) is 0 Å². The third-order valence-electron chi connectivity index (χ3n) is 8.30. The Morgan fingerprint density at radius 2 is 1.67 bits per heavy atom. The number of benzene rings is 3. The third-order valence-corrected chi connectivity index (χ3v) is 8.30. The normalized spacial score (nSPS) is 18.7. The predicted molar refractivity (Wildman–Crippen MR) is 171 cm³/mol. The van der Waals surface area contributed by atoms with Gasteiger partial charge in [0.15, 0.2) is 0 Å². The molecule has 2 N–H and O–H groups in total. The number of aliphatic hydroxyl groups is 1. The van der Waals surface area contributed by atoms with Crippen LogP contribution in [0.2, 0.25) is 0 Å². The highest BCUT2D eigenvalue weighted by atomic mass is 16.6. The number of aromatic nitrogens is 2. The van der Waals surface area contributed by atoms with E-state index in [1.54, 1.807) is 7.11 Å². The Morgan fingerprint density at radius 1 is 1.00 bits per heavy atom. The standard InChI is InChI=1S/C36H41N3O6/c1-24(2)33(37-35(41)44-23-26-8-6-5-7-9-26)34(40)45-30-18-20-36(42,21-19-30)32-22-31(27-12-10-25(3)11-13-27)39(38-32)28-14-16-29(43-4)17-15-28/h5-17,22,24,30,33,42H,18-21,23H2,1-4H3,(H,37,41)/t30?,33-,36?/m0/s1. The van der Waals surface area contributed by atoms with Gasteiger partial charge in [0.05, 0.1) is 24.2 Å². The molecule has 1 atom stereocenters. The van der Waals surface area contributed by atoms with Crippen LogP contribution >= 0.6 is 0 Å². The van der Waals surface area contributed by atoms with Crippen molar-refractivity contribution < 1.29 is 28.9 Å². The Balaban J connectivity index is 1.25. The van der Waals surface area contributed by atoms with E-state index in [1.165, 1.54) is 0 Å². The van der Waals surface area contributed by atoms with Gasteiger partial charge in [0.25, 0.3) is 0 Å². The first-order valence-corrected chi connectivity index (χ1v) is 15.4. The van der Waals surface area contributed by atoms with Gasteiger partial charge in [-0.2, -0.15) is 5.10 Å². The topological polar surface area (TPSA) is 112 Å². The lowest BCUT2D eigenvalue weighted by Crippen LogP contribution is -2.47. The molecule has 0 radical (unpaired) electrons. The summed E-state index contributed by atoms with van der Waals surface area (Å²) in [7, 11) is 1.63. The summed E-state index contributed by atoms with van der Waals surface area (Å²) in [6, 6.07) is 26.3. The largest absolute Gasteiger partial charge is 0.497 e. The molecule has 5 rings (SSSR count). The molecule has 1 aromatic heterocycles. The number of aryl methyl sites for hydroxylation is 1. The highest BCUT2D eigenvalue weighted by molar-refractivity contribution is 5.81. The average molecular weight is 612 g/mol. The van der Waals surface area contributed by atoms with Crippen molar-refractivity contribution in [2.45, 2.75) is 70.8 Å². The van der Waals surface area contributed by atoms with E-state index in [2.05, 4.69) is 17.4 Å². The van der Waals surface area contributed by atoms with Crippen molar-refractivity contribution in [3.8, 4) is 22.7 Å². The first-order valence-electron chi connectivity index (χ1n) is 15.4. The van der Waals surface area contributed by atoms with E-state index in [1.807, 2.05) is 98.2 Å². The smallest absolute Gasteiger partial charge is 0.408 e. The molecule has 45 heavy (non-hydrogen) atoms. The van der Waals surface area contributed by atoms with Gasteiger partial charge in [0.2, 0.25) is 0 Å². The van der Waals surface area contributed by atoms with E-state index in [4.69, 9.17) is 19.3 Å². The first kappa shape index (κ1) is 31.8. The van der Waals surface area contributed by atoms with Gasteiger partial charge in [-0.15, -0.1) is 0 Å². The second-order valence-corrected chi connectivity index (χ2v) is 12.0. The zero-order valence-electron chi connectivity index (χ0n) is 26.2. The lowest BCUT2D eigenvalue weighted by atomic mass is 9.81. The maximum absolute atomic E-state index is 13.1. The molecule has 3 aromatic carbocycles. The molecular formula is C36H41N3O6. The summed E-state index contributed by atoms with van der Waals surface area (Å²) in [6.07, 6.45) is 0.598. The van der Waals surface area contributed by atoms with Gasteiger partial charge in [-0.05, 0) is 74.4 Å². The molecule has 1 fully saturated rings. The monoisotopic (exact) mass is 611 g/mol. The predicted octanol–water partition coefficient (Wildman–Crippen LogP) is 6.48. The minimum Gasteiger partial charge on any atom is -0.497 e. The summed E-state index contributed by atoms with van der Waals surface area (Å²) in [6.45, 7) is 5.83. The summed E-state index contributed by atoms with van der Waals surface area (Å²) < 4.78 is 18.3. The van der Waals surface area contributed by atoms with Crippen LogP contribution in [-0.4, -0.2) is 46.2 Å². The quantitative estimate of drug-likeness (QED) is 0.197. The van der Waals surface area contributed by atoms with E-state index < -0.39 is 23.7 Å². The molecule has 1 heterocycles. The van der Waals surface area contributed by atoms with E-state index in [0.717, 1.165) is 33.8 Å². The van der Waals surface area contributed by atoms with Gasteiger partial charge < -0.3 is 24.6 Å². The molecule has 1 amide bonds. The molecule has 0 aliphatic heterocycles. The van der Waals surface area contributed by atoms with E-state index >= 15 is 0 Å². The maximum atomic E-state index is 13.1. The van der Waals surface area contributed by atoms with Gasteiger partial charge in [-0.1, -0.05) is 74.0 Å². The van der Waals surface area contributed by atoms with Crippen LogP contribution in [0.1, 0.15) is 56.4 Å². The van der Waals surface area contributed by atoms with Crippen molar-refractivity contribution in [1.82, 2.24) is 15.1 Å². The summed E-state index contributed by atoms with van der Waals surface area (Å²) in [5.74, 6) is 0.0282. The molecule has 9 heteroatoms. The lowest BCUT2D eigenvalue weighted by Gasteiger charge is -2.35. The van der Waals surface area contributed by atoms with Gasteiger partial charge in [0, 0.05) is 5.56 Å². The number of alkyl carbamates (subject to hydrolysis) is 1. The lowest BCUT2D eigenvalue weighted by molar-refractivity contribution is -0.157. The Bertz CT molecular complexity index is 1570. The number of amides is 1. The summed E-state index contributed by atoms with van der Waals surface area (Å²) in [5, 5.41) is 19.4. The van der Waals surface area contributed by atoms with E-state index in [0.29, 0.717) is 31.4 Å². The number of nitrogens with zero attached hydrogens (tertiary/aromatic N) is 2. The van der Waals surface area contributed by atoms with Gasteiger partial charge in [-0.25, -0.2) is 14.3 Å². The van der Waals surface area contributed by atoms with Crippen LogP contribution < -0.4 is 10.1 Å². The van der Waals surface area contributed by atoms with Crippen LogP contribution in [0.4, 0.5) is 4.79 Å². The van der Waals surface area contributed by atoms with Crippen LogP contribution in [0.5, 0.6) is 5.75 Å². The number of hydrogen-bond donors (Lipinski definition) is 2. The number of nitrogens with one attached hydrogen (secondary N) is 1. The summed E-state index contributed by atoms with van der Waals surface area (Å²) in [5.41, 5.74) is 4.08. The fraction of sp³-hybridized carbons (Fsp3) is 0.361. The SMILES string of the molecule is COc1ccc(-n2nc(C3(O)CCC(OC(=O)[C@@H](NC(=O)OCc4ccccc4)C(C)C)CC3)cc2-c2ccc(C)cc2)cc1. The zero-order chi connectivity index (χ0) is 32.0. The molecule has 0 saturated heterocycles. The number of hydrogen-bond acceptors (Lipinski definition) is 7. The van der Waals surface area contributed by atoms with Gasteiger partial charge >= 0.3 is 12.1 Å². The fourth-order valence-electron chi connectivity index (χ4n) is 5.53. The number of carbonyl (C=O) groups excluding carboxylic acids is 2. The Labute approximate surface area is 264 Å². The summed E-state index contributed by atoms with van der Waals surface area (Å²) in [4.78, 5) is 25.6. The highest BCUT2D eigenvalue weighted by Gasteiger charge is 2.40. The number of ether oxygens (including phenoxy) is 3. The van der Waals surface area contributed by atoms with Gasteiger partial charge in [-0.3, -0.25) is 0 Å². The number of methoxy groups -OCH3 is 1. The van der Waals surface area contributed by atoms with Crippen LogP contribution in [0.25, 0.3) is 16.9 Å². The van der Waals surface area contributed by atoms with Crippen molar-refractivity contribution in [2.75, 3.05) is 7.11 Å². The molecule has 236 valence electrons. The Morgan fingerprint density at radius 3 is 2.29 bits per heavy atom. The molecule has 1 aliphatic rings. The third kappa shape index (κ3) is 7.72. The second-order valence-electron chi connectivity index (χ2n) is 12.0. The number of esters is 1. The van der Waals surface area contributed by atoms with Crippen molar-refractivity contribution in [3.63, 3.8) is 0 Å². The van der Waals surface area contributed by atoms with Crippen LogP contribution in [0.15, 0.2) is 84.9 Å². The zero-order valence-corrected chi connectivity index (χ0v) is 26.2. The van der Waals surface area contributed by atoms with Crippen LogP contribution in [0.3, 0.4) is 0 Å². The average Bonchev–Trinajstić information content (AvgIpc) is 3.51. The molecule has 4 aromatic rings. The van der Waals surface area contributed by atoms with E-state index in [-0.39, 0.29) is 18.6 Å². The van der Waals surface area contributed by atoms with Crippen molar-refractivity contribution >= 4 is 12.1 Å². The first-order chi connectivity index (χ1) is 21.6. The van der Waals surface area contributed by atoms with Crippen LogP contribution in [0, 0.1) is 12.8 Å². The highest BCUT2D eigenvalue weighted by Crippen LogP contribution is 2.40. The Hall–Kier alpha value is -4.63. The van der Waals surface area contributed by atoms with Crippen molar-refractivity contribution in [3.05, 3.63) is 102 Å². The molecule has 1 aliphatic carbocycles. The fourth-order valence-corrected chi connectivity index (χ4v) is 5.53. The molecular weight excluding hydrogens is 570 g/mol. The molecule has 0 spiro atoms. The molecule has 0 unspecified atom stereocenters. The number of carbonyl (C=O) groups is 2. The summed E-state index contributed by atoms with van der Waals surface area (Å²) >= 11 is 0.